The smallest absolute Gasteiger partial charge is 0.181 e. The second-order valence-corrected chi connectivity index (χ2v) is 4.85. The maximum absolute atomic E-state index is 5.56. The van der Waals surface area contributed by atoms with Gasteiger partial charge < -0.3 is 9.73 Å². The Labute approximate surface area is 112 Å². The average Bonchev–Trinajstić information content (AvgIpc) is 2.87. The van der Waals surface area contributed by atoms with E-state index in [0.29, 0.717) is 0 Å². The Bertz CT molecular complexity index is 496. The topological polar surface area (TPSA) is 38.1 Å². The highest BCUT2D eigenvalue weighted by molar-refractivity contribution is 7.98. The molecule has 1 aromatic carbocycles. The van der Waals surface area contributed by atoms with Crippen LogP contribution in [0.5, 0.6) is 0 Å². The van der Waals surface area contributed by atoms with E-state index in [1.807, 2.05) is 12.1 Å². The van der Waals surface area contributed by atoms with Gasteiger partial charge in [-0.2, -0.15) is 0 Å². The van der Waals surface area contributed by atoms with Gasteiger partial charge in [0.05, 0.1) is 0 Å². The van der Waals surface area contributed by atoms with Crippen LogP contribution >= 0.6 is 11.8 Å². The Morgan fingerprint density at radius 1 is 1.33 bits per heavy atom. The van der Waals surface area contributed by atoms with E-state index in [9.17, 15) is 0 Å². The maximum Gasteiger partial charge on any atom is 0.181 e. The van der Waals surface area contributed by atoms with E-state index in [0.717, 1.165) is 36.5 Å². The van der Waals surface area contributed by atoms with Crippen LogP contribution in [-0.2, 0) is 6.54 Å². The molecule has 0 radical (unpaired) electrons. The molecule has 0 aliphatic heterocycles. The fourth-order valence-electron chi connectivity index (χ4n) is 1.83. The Balaban J connectivity index is 2.25. The molecule has 1 N–H and O–H groups in total. The zero-order valence-electron chi connectivity index (χ0n) is 10.8. The SMILES string of the molecule is CCCNCc1ncoc1-c1ccccc1SC. The van der Waals surface area contributed by atoms with Crippen LogP contribution < -0.4 is 5.32 Å². The number of thioether (sulfide) groups is 1. The van der Waals surface area contributed by atoms with Crippen molar-refractivity contribution in [3.05, 3.63) is 36.4 Å². The van der Waals surface area contributed by atoms with Crippen LogP contribution in [0.4, 0.5) is 0 Å². The molecule has 0 unspecified atom stereocenters. The first-order chi connectivity index (χ1) is 8.86. The largest absolute Gasteiger partial charge is 0.443 e. The Morgan fingerprint density at radius 2 is 2.17 bits per heavy atom. The molecule has 0 spiro atoms. The van der Waals surface area contributed by atoms with Crippen molar-refractivity contribution in [2.24, 2.45) is 0 Å². The molecule has 4 heteroatoms. The zero-order valence-corrected chi connectivity index (χ0v) is 11.6. The summed E-state index contributed by atoms with van der Waals surface area (Å²) in [5.41, 5.74) is 2.10. The second-order valence-electron chi connectivity index (χ2n) is 4.01. The number of aromatic nitrogens is 1. The van der Waals surface area contributed by atoms with Crippen LogP contribution in [-0.4, -0.2) is 17.8 Å². The normalized spacial score (nSPS) is 10.8. The highest BCUT2D eigenvalue weighted by Crippen LogP contribution is 2.31. The summed E-state index contributed by atoms with van der Waals surface area (Å²) in [6.07, 6.45) is 4.72. The third-order valence-corrected chi connectivity index (χ3v) is 3.51. The summed E-state index contributed by atoms with van der Waals surface area (Å²) in [7, 11) is 0. The summed E-state index contributed by atoms with van der Waals surface area (Å²) in [6.45, 7) is 3.90. The Hall–Kier alpha value is -1.26. The van der Waals surface area contributed by atoms with E-state index in [2.05, 4.69) is 35.6 Å². The quantitative estimate of drug-likeness (QED) is 0.638. The van der Waals surface area contributed by atoms with Crippen LogP contribution in [0.1, 0.15) is 19.0 Å². The minimum absolute atomic E-state index is 0.752. The van der Waals surface area contributed by atoms with Crippen LogP contribution in [0.15, 0.2) is 40.0 Å². The Morgan fingerprint density at radius 3 is 2.94 bits per heavy atom. The van der Waals surface area contributed by atoms with Gasteiger partial charge in [0.15, 0.2) is 12.2 Å². The summed E-state index contributed by atoms with van der Waals surface area (Å²) in [5, 5.41) is 3.36. The molecule has 0 atom stereocenters. The van der Waals surface area contributed by atoms with E-state index in [-0.39, 0.29) is 0 Å². The molecule has 0 bridgehead atoms. The van der Waals surface area contributed by atoms with Crippen molar-refractivity contribution in [1.29, 1.82) is 0 Å². The van der Waals surface area contributed by atoms with Gasteiger partial charge in [0.25, 0.3) is 0 Å². The van der Waals surface area contributed by atoms with Gasteiger partial charge in [0.1, 0.15) is 5.69 Å². The second kappa shape index (κ2) is 6.61. The van der Waals surface area contributed by atoms with Gasteiger partial charge in [-0.1, -0.05) is 25.1 Å². The molecule has 0 saturated carbocycles. The summed E-state index contributed by atoms with van der Waals surface area (Å²) >= 11 is 1.72. The van der Waals surface area contributed by atoms with Gasteiger partial charge in [-0.05, 0) is 25.3 Å². The third-order valence-electron chi connectivity index (χ3n) is 2.71. The van der Waals surface area contributed by atoms with Crippen molar-refractivity contribution in [2.75, 3.05) is 12.8 Å². The van der Waals surface area contributed by atoms with Crippen LogP contribution in [0.25, 0.3) is 11.3 Å². The standard InChI is InChI=1S/C14H18N2OS/c1-3-8-15-9-12-14(17-10-16-12)11-6-4-5-7-13(11)18-2/h4-7,10,15H,3,8-9H2,1-2H3. The number of hydrogen-bond donors (Lipinski definition) is 1. The van der Waals surface area contributed by atoms with E-state index in [4.69, 9.17) is 4.42 Å². The zero-order chi connectivity index (χ0) is 12.8. The molecular weight excluding hydrogens is 244 g/mol. The van der Waals surface area contributed by atoms with Crippen molar-refractivity contribution in [2.45, 2.75) is 24.8 Å². The molecule has 0 aliphatic rings. The lowest BCUT2D eigenvalue weighted by Crippen LogP contribution is -2.14. The number of oxazole rings is 1. The molecule has 0 saturated heterocycles. The average molecular weight is 262 g/mol. The number of benzene rings is 1. The molecule has 0 fully saturated rings. The van der Waals surface area contributed by atoms with Gasteiger partial charge in [0.2, 0.25) is 0 Å². The van der Waals surface area contributed by atoms with Crippen LogP contribution in [0, 0.1) is 0 Å². The molecule has 2 aromatic rings. The number of nitrogens with zero attached hydrogens (tertiary/aromatic N) is 1. The Kier molecular flexibility index (Phi) is 4.84. The highest BCUT2D eigenvalue weighted by Gasteiger charge is 2.13. The monoisotopic (exact) mass is 262 g/mol. The van der Waals surface area contributed by atoms with Crippen molar-refractivity contribution in [3.8, 4) is 11.3 Å². The fraction of sp³-hybridized carbons (Fsp3) is 0.357. The number of hydrogen-bond acceptors (Lipinski definition) is 4. The van der Waals surface area contributed by atoms with Crippen LogP contribution in [0.3, 0.4) is 0 Å². The lowest BCUT2D eigenvalue weighted by molar-refractivity contribution is 0.568. The molecular formula is C14H18N2OS. The minimum atomic E-state index is 0.752. The first-order valence-electron chi connectivity index (χ1n) is 6.13. The summed E-state index contributed by atoms with van der Waals surface area (Å²) in [4.78, 5) is 5.52. The van der Waals surface area contributed by atoms with Gasteiger partial charge in [-0.15, -0.1) is 11.8 Å². The minimum Gasteiger partial charge on any atom is -0.443 e. The molecule has 2 rings (SSSR count). The van der Waals surface area contributed by atoms with Crippen molar-refractivity contribution >= 4 is 11.8 Å². The first kappa shape index (κ1) is 13.2. The molecule has 96 valence electrons. The van der Waals surface area contributed by atoms with Gasteiger partial charge >= 0.3 is 0 Å². The molecule has 0 amide bonds. The lowest BCUT2D eigenvalue weighted by atomic mass is 10.1. The highest BCUT2D eigenvalue weighted by atomic mass is 32.2. The first-order valence-corrected chi connectivity index (χ1v) is 7.35. The van der Waals surface area contributed by atoms with E-state index in [1.54, 1.807) is 11.8 Å². The molecule has 18 heavy (non-hydrogen) atoms. The summed E-state index contributed by atoms with van der Waals surface area (Å²) in [6, 6.07) is 8.25. The molecule has 1 heterocycles. The predicted molar refractivity (Wildman–Crippen MR) is 75.7 cm³/mol. The maximum atomic E-state index is 5.56. The number of nitrogens with one attached hydrogen (secondary N) is 1. The van der Waals surface area contributed by atoms with Crippen molar-refractivity contribution in [3.63, 3.8) is 0 Å². The van der Waals surface area contributed by atoms with Gasteiger partial charge in [-0.3, -0.25) is 0 Å². The molecule has 3 nitrogen and oxygen atoms in total. The van der Waals surface area contributed by atoms with Gasteiger partial charge in [0, 0.05) is 17.0 Å². The molecule has 0 aliphatic carbocycles. The fourth-order valence-corrected chi connectivity index (χ4v) is 2.43. The third kappa shape index (κ3) is 2.94. The van der Waals surface area contributed by atoms with E-state index < -0.39 is 0 Å². The summed E-state index contributed by atoms with van der Waals surface area (Å²) < 4.78 is 5.56. The number of rotatable bonds is 6. The molecule has 1 aromatic heterocycles. The van der Waals surface area contributed by atoms with Crippen molar-refractivity contribution in [1.82, 2.24) is 10.3 Å². The van der Waals surface area contributed by atoms with Crippen LogP contribution in [0.2, 0.25) is 0 Å². The van der Waals surface area contributed by atoms with Gasteiger partial charge in [-0.25, -0.2) is 4.98 Å². The summed E-state index contributed by atoms with van der Waals surface area (Å²) in [5.74, 6) is 0.878. The van der Waals surface area contributed by atoms with Crippen molar-refractivity contribution < 1.29 is 4.42 Å². The predicted octanol–water partition coefficient (Wildman–Crippen LogP) is 3.56. The van der Waals surface area contributed by atoms with E-state index in [1.165, 1.54) is 11.3 Å². The lowest BCUT2D eigenvalue weighted by Gasteiger charge is -2.06. The van der Waals surface area contributed by atoms with E-state index >= 15 is 0 Å².